The Bertz CT molecular complexity index is 590. The second kappa shape index (κ2) is 5.72. The number of halogens is 2. The van der Waals surface area contributed by atoms with Gasteiger partial charge in [-0.25, -0.2) is 0 Å². The molecule has 4 heteroatoms. The van der Waals surface area contributed by atoms with E-state index in [1.54, 1.807) is 11.8 Å². The van der Waals surface area contributed by atoms with Crippen LogP contribution in [0.2, 0.25) is 0 Å². The number of nitrogens with zero attached hydrogens (tertiary/aromatic N) is 1. The molecule has 0 aliphatic carbocycles. The summed E-state index contributed by atoms with van der Waals surface area (Å²) in [5, 5.41) is 9.05. The van der Waals surface area contributed by atoms with Gasteiger partial charge in [0.15, 0.2) is 0 Å². The van der Waals surface area contributed by atoms with Gasteiger partial charge in [-0.15, -0.1) is 0 Å². The van der Waals surface area contributed by atoms with E-state index in [0.29, 0.717) is 5.56 Å². The highest BCUT2D eigenvalue weighted by atomic mass is 79.9. The zero-order valence-electron chi connectivity index (χ0n) is 8.65. The fourth-order valence-corrected chi connectivity index (χ4v) is 3.39. The van der Waals surface area contributed by atoms with E-state index in [4.69, 9.17) is 5.26 Å². The Hall–Kier alpha value is -0.760. The minimum absolute atomic E-state index is 0.693. The molecule has 1 nitrogen and oxygen atoms in total. The minimum atomic E-state index is 0.693. The van der Waals surface area contributed by atoms with E-state index in [0.717, 1.165) is 18.7 Å². The van der Waals surface area contributed by atoms with Crippen molar-refractivity contribution in [2.45, 2.75) is 9.79 Å². The first-order chi connectivity index (χ1) is 8.19. The van der Waals surface area contributed by atoms with Gasteiger partial charge in [-0.05, 0) is 36.4 Å². The van der Waals surface area contributed by atoms with E-state index in [1.165, 1.54) is 0 Å². The third-order valence-electron chi connectivity index (χ3n) is 2.09. The van der Waals surface area contributed by atoms with Crippen molar-refractivity contribution in [1.29, 1.82) is 5.26 Å². The van der Waals surface area contributed by atoms with E-state index in [1.807, 2.05) is 42.5 Å². The van der Waals surface area contributed by atoms with Crippen LogP contribution in [-0.4, -0.2) is 0 Å². The Morgan fingerprint density at radius 2 is 1.76 bits per heavy atom. The summed E-state index contributed by atoms with van der Waals surface area (Å²) >= 11 is 8.44. The summed E-state index contributed by atoms with van der Waals surface area (Å²) in [6.45, 7) is 0. The van der Waals surface area contributed by atoms with Crippen LogP contribution < -0.4 is 0 Å². The number of benzene rings is 2. The summed E-state index contributed by atoms with van der Waals surface area (Å²) in [6, 6.07) is 15.9. The van der Waals surface area contributed by atoms with E-state index in [9.17, 15) is 0 Å². The molecule has 0 spiro atoms. The topological polar surface area (TPSA) is 23.8 Å². The smallest absolute Gasteiger partial charge is 0.100 e. The van der Waals surface area contributed by atoms with Crippen LogP contribution >= 0.6 is 43.6 Å². The Balaban J connectivity index is 2.36. The zero-order valence-corrected chi connectivity index (χ0v) is 12.6. The number of rotatable bonds is 2. The van der Waals surface area contributed by atoms with Crippen molar-refractivity contribution in [1.82, 2.24) is 0 Å². The Morgan fingerprint density at radius 3 is 2.47 bits per heavy atom. The number of hydrogen-bond donors (Lipinski definition) is 0. The molecule has 0 amide bonds. The second-order valence-corrected chi connectivity index (χ2v) is 6.26. The molecule has 0 aliphatic heterocycles. The molecule has 0 aliphatic rings. The van der Waals surface area contributed by atoms with Gasteiger partial charge in [0.1, 0.15) is 6.07 Å². The summed E-state index contributed by atoms with van der Waals surface area (Å²) in [5.74, 6) is 0. The Kier molecular flexibility index (Phi) is 4.27. The Labute approximate surface area is 121 Å². The maximum absolute atomic E-state index is 9.05. The molecule has 0 radical (unpaired) electrons. The van der Waals surface area contributed by atoms with Crippen molar-refractivity contribution >= 4 is 43.6 Å². The van der Waals surface area contributed by atoms with Crippen molar-refractivity contribution in [3.63, 3.8) is 0 Å². The lowest BCUT2D eigenvalue weighted by Gasteiger charge is -2.05. The predicted octanol–water partition coefficient (Wildman–Crippen LogP) is 5.23. The largest absolute Gasteiger partial charge is 0.192 e. The maximum atomic E-state index is 9.05. The molecule has 0 N–H and O–H groups in total. The molecule has 2 aromatic carbocycles. The van der Waals surface area contributed by atoms with Crippen LogP contribution in [0.25, 0.3) is 0 Å². The van der Waals surface area contributed by atoms with Crippen molar-refractivity contribution in [3.05, 3.63) is 57.0 Å². The highest BCUT2D eigenvalue weighted by molar-refractivity contribution is 9.10. The van der Waals surface area contributed by atoms with E-state index < -0.39 is 0 Å². The summed E-state index contributed by atoms with van der Waals surface area (Å²) in [7, 11) is 0. The molecule has 0 heterocycles. The first-order valence-electron chi connectivity index (χ1n) is 4.82. The highest BCUT2D eigenvalue weighted by Gasteiger charge is 2.05. The molecule has 0 bridgehead atoms. The molecule has 84 valence electrons. The average molecular weight is 369 g/mol. The monoisotopic (exact) mass is 367 g/mol. The molecule has 0 unspecified atom stereocenters. The molecule has 0 saturated carbocycles. The summed E-state index contributed by atoms with van der Waals surface area (Å²) in [4.78, 5) is 2.06. The number of nitriles is 1. The Morgan fingerprint density at radius 1 is 1.00 bits per heavy atom. The van der Waals surface area contributed by atoms with Crippen LogP contribution in [-0.2, 0) is 0 Å². The van der Waals surface area contributed by atoms with Gasteiger partial charge in [-0.2, -0.15) is 5.26 Å². The van der Waals surface area contributed by atoms with Crippen molar-refractivity contribution in [2.24, 2.45) is 0 Å². The first-order valence-corrected chi connectivity index (χ1v) is 7.22. The van der Waals surface area contributed by atoms with E-state index in [2.05, 4.69) is 37.9 Å². The van der Waals surface area contributed by atoms with Crippen LogP contribution in [0.15, 0.2) is 61.2 Å². The molecule has 0 saturated heterocycles. The SMILES string of the molecule is N#Cc1ccc(Br)cc1Sc1cccc(Br)c1. The standard InChI is InChI=1S/C13H7Br2NS/c14-10-2-1-3-12(6-10)17-13-7-11(15)5-4-9(13)8-16/h1-7H. The predicted molar refractivity (Wildman–Crippen MR) is 77.1 cm³/mol. The van der Waals surface area contributed by atoms with Crippen molar-refractivity contribution in [2.75, 3.05) is 0 Å². The van der Waals surface area contributed by atoms with Gasteiger partial charge < -0.3 is 0 Å². The van der Waals surface area contributed by atoms with Crippen LogP contribution in [0.3, 0.4) is 0 Å². The molecular formula is C13H7Br2NS. The van der Waals surface area contributed by atoms with Crippen LogP contribution in [0.4, 0.5) is 0 Å². The van der Waals surface area contributed by atoms with E-state index >= 15 is 0 Å². The molecule has 0 aromatic heterocycles. The zero-order chi connectivity index (χ0) is 12.3. The molecule has 17 heavy (non-hydrogen) atoms. The van der Waals surface area contributed by atoms with Gasteiger partial charge >= 0.3 is 0 Å². The lowest BCUT2D eigenvalue weighted by molar-refractivity contribution is 1.33. The molecule has 0 atom stereocenters. The lowest BCUT2D eigenvalue weighted by Crippen LogP contribution is -1.81. The highest BCUT2D eigenvalue weighted by Crippen LogP contribution is 2.33. The molecular weight excluding hydrogens is 362 g/mol. The van der Waals surface area contributed by atoms with Crippen LogP contribution in [0, 0.1) is 11.3 Å². The molecule has 2 aromatic rings. The quantitative estimate of drug-likeness (QED) is 0.724. The maximum Gasteiger partial charge on any atom is 0.100 e. The third kappa shape index (κ3) is 3.35. The van der Waals surface area contributed by atoms with Crippen molar-refractivity contribution < 1.29 is 0 Å². The first kappa shape index (κ1) is 12.7. The van der Waals surface area contributed by atoms with Gasteiger partial charge in [0.05, 0.1) is 5.56 Å². The van der Waals surface area contributed by atoms with Gasteiger partial charge in [-0.1, -0.05) is 49.7 Å². The summed E-state index contributed by atoms with van der Waals surface area (Å²) in [6.07, 6.45) is 0. The molecule has 2 rings (SSSR count). The van der Waals surface area contributed by atoms with Crippen LogP contribution in [0.5, 0.6) is 0 Å². The van der Waals surface area contributed by atoms with Gasteiger partial charge in [-0.3, -0.25) is 0 Å². The van der Waals surface area contributed by atoms with Crippen molar-refractivity contribution in [3.8, 4) is 6.07 Å². The number of hydrogen-bond acceptors (Lipinski definition) is 2. The van der Waals surface area contributed by atoms with E-state index in [-0.39, 0.29) is 0 Å². The van der Waals surface area contributed by atoms with Gasteiger partial charge in [0, 0.05) is 18.7 Å². The molecule has 0 fully saturated rings. The van der Waals surface area contributed by atoms with Crippen LogP contribution in [0.1, 0.15) is 5.56 Å². The fraction of sp³-hybridized carbons (Fsp3) is 0. The third-order valence-corrected chi connectivity index (χ3v) is 4.12. The fourth-order valence-electron chi connectivity index (χ4n) is 1.33. The average Bonchev–Trinajstić information content (AvgIpc) is 2.29. The van der Waals surface area contributed by atoms with Gasteiger partial charge in [0.25, 0.3) is 0 Å². The summed E-state index contributed by atoms with van der Waals surface area (Å²) < 4.78 is 2.02. The normalized spacial score (nSPS) is 9.94. The van der Waals surface area contributed by atoms with Gasteiger partial charge in [0.2, 0.25) is 0 Å². The minimum Gasteiger partial charge on any atom is -0.192 e. The lowest BCUT2D eigenvalue weighted by atomic mass is 10.2. The second-order valence-electron chi connectivity index (χ2n) is 3.31. The summed E-state index contributed by atoms with van der Waals surface area (Å²) in [5.41, 5.74) is 0.693.